The maximum Gasteiger partial charge on any atom is 0.284 e. The van der Waals surface area contributed by atoms with Gasteiger partial charge in [0.1, 0.15) is 11.5 Å². The summed E-state index contributed by atoms with van der Waals surface area (Å²) < 4.78 is 35.4. The van der Waals surface area contributed by atoms with Crippen molar-refractivity contribution < 1.29 is 17.9 Å². The molecule has 19 heavy (non-hydrogen) atoms. The third kappa shape index (κ3) is 3.30. The van der Waals surface area contributed by atoms with Crippen LogP contribution in [0.5, 0.6) is 0 Å². The van der Waals surface area contributed by atoms with Crippen LogP contribution >= 0.6 is 11.8 Å². The lowest BCUT2D eigenvalue weighted by Gasteiger charge is -2.19. The van der Waals surface area contributed by atoms with Crippen LogP contribution in [0, 0.1) is 0 Å². The van der Waals surface area contributed by atoms with E-state index in [-0.39, 0.29) is 5.75 Å². The molecule has 2 aliphatic heterocycles. The second-order valence-corrected chi connectivity index (χ2v) is 6.02. The highest BCUT2D eigenvalue weighted by atomic mass is 32.2. The van der Waals surface area contributed by atoms with Crippen molar-refractivity contribution in [3.63, 3.8) is 0 Å². The van der Waals surface area contributed by atoms with Crippen molar-refractivity contribution in [2.75, 3.05) is 0 Å². The van der Waals surface area contributed by atoms with Gasteiger partial charge in [-0.3, -0.25) is 0 Å². The number of thioether (sulfide) groups is 1. The van der Waals surface area contributed by atoms with E-state index >= 15 is 0 Å². The molecule has 106 valence electrons. The molecule has 3 rings (SSSR count). The molecule has 1 aromatic heterocycles. The van der Waals surface area contributed by atoms with Gasteiger partial charge in [0.05, 0.1) is 24.5 Å². The van der Waals surface area contributed by atoms with E-state index in [2.05, 4.69) is 5.32 Å². The van der Waals surface area contributed by atoms with Gasteiger partial charge < -0.3 is 14.5 Å². The molecule has 0 saturated carbocycles. The Kier molecular flexibility index (Phi) is 4.10. The number of nitrogens with one attached hydrogen (secondary N) is 1. The van der Waals surface area contributed by atoms with Crippen molar-refractivity contribution in [3.8, 4) is 0 Å². The quantitative estimate of drug-likeness (QED) is 0.872. The Bertz CT molecular complexity index is 427. The number of alkyl halides is 2. The molecule has 0 radical (unpaired) electrons. The van der Waals surface area contributed by atoms with Gasteiger partial charge in [-0.05, 0) is 31.4 Å². The maximum atomic E-state index is 12.1. The minimum Gasteiger partial charge on any atom is -0.464 e. The molecule has 3 unspecified atom stereocenters. The minimum atomic E-state index is -2.35. The lowest BCUT2D eigenvalue weighted by atomic mass is 9.95. The smallest absolute Gasteiger partial charge is 0.284 e. The molecular formula is C13H17F2NO2S. The Morgan fingerprint density at radius 3 is 2.84 bits per heavy atom. The topological polar surface area (TPSA) is 34.4 Å². The predicted molar refractivity (Wildman–Crippen MR) is 69.1 cm³/mol. The van der Waals surface area contributed by atoms with E-state index in [1.54, 1.807) is 6.07 Å². The maximum absolute atomic E-state index is 12.1. The summed E-state index contributed by atoms with van der Waals surface area (Å²) in [5.74, 6) is -0.730. The van der Waals surface area contributed by atoms with Crippen molar-refractivity contribution in [2.45, 2.75) is 55.6 Å². The first-order chi connectivity index (χ1) is 9.20. The monoisotopic (exact) mass is 289 g/mol. The molecule has 2 aliphatic rings. The standard InChI is InChI=1S/C13H17F2NO2S/c14-13(15)19-7-10-2-1-9(17-10)6-16-11-5-8-3-4-12(11)18-8/h1-2,8,11-13,16H,3-7H2. The first-order valence-corrected chi connectivity index (χ1v) is 7.62. The van der Waals surface area contributed by atoms with E-state index < -0.39 is 5.76 Å². The largest absolute Gasteiger partial charge is 0.464 e. The number of hydrogen-bond acceptors (Lipinski definition) is 4. The molecule has 0 aliphatic carbocycles. The molecule has 0 amide bonds. The van der Waals surface area contributed by atoms with Crippen molar-refractivity contribution in [2.24, 2.45) is 0 Å². The number of furan rings is 1. The van der Waals surface area contributed by atoms with Gasteiger partial charge in [0.2, 0.25) is 0 Å². The van der Waals surface area contributed by atoms with Gasteiger partial charge in [-0.2, -0.15) is 8.78 Å². The Hall–Kier alpha value is -0.590. The van der Waals surface area contributed by atoms with Gasteiger partial charge in [0.15, 0.2) is 0 Å². The Morgan fingerprint density at radius 2 is 2.16 bits per heavy atom. The van der Waals surface area contributed by atoms with Crippen LogP contribution in [0.3, 0.4) is 0 Å². The zero-order chi connectivity index (χ0) is 13.2. The molecule has 3 nitrogen and oxygen atoms in total. The summed E-state index contributed by atoms with van der Waals surface area (Å²) in [5.41, 5.74) is 0. The lowest BCUT2D eigenvalue weighted by Crippen LogP contribution is -2.36. The predicted octanol–water partition coefficient (Wildman–Crippen LogP) is 3.14. The summed E-state index contributed by atoms with van der Waals surface area (Å²) in [5, 5.41) is 3.43. The highest BCUT2D eigenvalue weighted by Crippen LogP contribution is 2.34. The van der Waals surface area contributed by atoms with Crippen LogP contribution in [0.1, 0.15) is 30.8 Å². The number of fused-ring (bicyclic) bond motifs is 2. The number of ether oxygens (including phenoxy) is 1. The summed E-state index contributed by atoms with van der Waals surface area (Å²) in [7, 11) is 0. The van der Waals surface area contributed by atoms with Crippen LogP contribution < -0.4 is 5.32 Å². The van der Waals surface area contributed by atoms with Gasteiger partial charge in [0, 0.05) is 6.04 Å². The molecule has 0 aromatic carbocycles. The number of halogens is 2. The normalized spacial score (nSPS) is 29.5. The fourth-order valence-corrected chi connectivity index (χ4v) is 3.27. The molecule has 2 fully saturated rings. The number of hydrogen-bond donors (Lipinski definition) is 1. The lowest BCUT2D eigenvalue weighted by molar-refractivity contribution is 0.0970. The molecule has 3 atom stereocenters. The van der Waals surface area contributed by atoms with E-state index in [4.69, 9.17) is 9.15 Å². The average molecular weight is 289 g/mol. The second-order valence-electron chi connectivity index (χ2n) is 5.04. The average Bonchev–Trinajstić information content (AvgIpc) is 3.10. The van der Waals surface area contributed by atoms with Crippen molar-refractivity contribution in [3.05, 3.63) is 23.7 Å². The van der Waals surface area contributed by atoms with Crippen molar-refractivity contribution >= 4 is 11.8 Å². The highest BCUT2D eigenvalue weighted by molar-refractivity contribution is 7.98. The van der Waals surface area contributed by atoms with Gasteiger partial charge in [-0.15, -0.1) is 0 Å². The SMILES string of the molecule is FC(F)SCc1ccc(CNC2CC3CCC2O3)o1. The molecule has 0 spiro atoms. The molecular weight excluding hydrogens is 272 g/mol. The zero-order valence-electron chi connectivity index (χ0n) is 10.5. The van der Waals surface area contributed by atoms with Crippen LogP contribution in [-0.2, 0) is 17.0 Å². The van der Waals surface area contributed by atoms with E-state index in [1.807, 2.05) is 6.07 Å². The van der Waals surface area contributed by atoms with Crippen LogP contribution in [0.15, 0.2) is 16.5 Å². The molecule has 6 heteroatoms. The summed E-state index contributed by atoms with van der Waals surface area (Å²) in [6.45, 7) is 0.636. The molecule has 2 saturated heterocycles. The van der Waals surface area contributed by atoms with Crippen LogP contribution in [0.25, 0.3) is 0 Å². The molecule has 1 N–H and O–H groups in total. The van der Waals surface area contributed by atoms with E-state index in [1.165, 1.54) is 6.42 Å². The summed E-state index contributed by atoms with van der Waals surface area (Å²) in [6, 6.07) is 4.02. The number of rotatable bonds is 6. The fraction of sp³-hybridized carbons (Fsp3) is 0.692. The highest BCUT2D eigenvalue weighted by Gasteiger charge is 2.40. The third-order valence-electron chi connectivity index (χ3n) is 3.71. The van der Waals surface area contributed by atoms with E-state index in [0.717, 1.165) is 18.6 Å². The van der Waals surface area contributed by atoms with E-state index in [9.17, 15) is 8.78 Å². The van der Waals surface area contributed by atoms with Gasteiger partial charge in [-0.1, -0.05) is 11.8 Å². The molecule has 3 heterocycles. The fourth-order valence-electron chi connectivity index (χ4n) is 2.82. The third-order valence-corrected chi connectivity index (χ3v) is 4.42. The van der Waals surface area contributed by atoms with Gasteiger partial charge in [-0.25, -0.2) is 0 Å². The Morgan fingerprint density at radius 1 is 1.32 bits per heavy atom. The zero-order valence-corrected chi connectivity index (χ0v) is 11.3. The van der Waals surface area contributed by atoms with Crippen LogP contribution in [0.2, 0.25) is 0 Å². The van der Waals surface area contributed by atoms with Crippen LogP contribution in [0.4, 0.5) is 8.78 Å². The first-order valence-electron chi connectivity index (χ1n) is 6.57. The summed E-state index contributed by atoms with van der Waals surface area (Å²) >= 11 is 0.583. The first kappa shape index (κ1) is 13.4. The Balaban J connectivity index is 1.45. The minimum absolute atomic E-state index is 0.217. The van der Waals surface area contributed by atoms with Crippen molar-refractivity contribution in [1.29, 1.82) is 0 Å². The second kappa shape index (κ2) is 5.81. The molecule has 2 bridgehead atoms. The molecule has 1 aromatic rings. The van der Waals surface area contributed by atoms with Gasteiger partial charge in [0.25, 0.3) is 5.76 Å². The van der Waals surface area contributed by atoms with Crippen molar-refractivity contribution in [1.82, 2.24) is 5.32 Å². The van der Waals surface area contributed by atoms with E-state index in [0.29, 0.717) is 42.3 Å². The van der Waals surface area contributed by atoms with Gasteiger partial charge >= 0.3 is 0 Å². The summed E-state index contributed by atoms with van der Waals surface area (Å²) in [4.78, 5) is 0. The van der Waals surface area contributed by atoms with Crippen LogP contribution in [-0.4, -0.2) is 24.0 Å². The summed E-state index contributed by atoms with van der Waals surface area (Å²) in [6.07, 6.45) is 4.15. The Labute approximate surface area is 115 Å².